The summed E-state index contributed by atoms with van der Waals surface area (Å²) in [7, 11) is 3.95. The standard InChI is InChI=1S/C20H16BrClN4O2/c1-25(2)13-5-3-11(4-6-13)14-7-15-17(8-16(14)22)24-20(28)18(19(15)27)26-10-12(21)9-23-26/h3-10H,1-2H3,(H2,24,27,28). The van der Waals surface area contributed by atoms with Crippen LogP contribution in [0, 0.1) is 0 Å². The lowest BCUT2D eigenvalue weighted by atomic mass is 10.0. The number of anilines is 1. The van der Waals surface area contributed by atoms with Crippen molar-refractivity contribution in [1.29, 1.82) is 0 Å². The van der Waals surface area contributed by atoms with Crippen LogP contribution in [0.3, 0.4) is 0 Å². The van der Waals surface area contributed by atoms with Gasteiger partial charge in [-0.3, -0.25) is 4.79 Å². The van der Waals surface area contributed by atoms with Crippen molar-refractivity contribution in [2.24, 2.45) is 0 Å². The van der Waals surface area contributed by atoms with Crippen LogP contribution in [0.15, 0.2) is 58.1 Å². The maximum Gasteiger partial charge on any atom is 0.278 e. The SMILES string of the molecule is CN(C)c1ccc(-c2cc3c(O)c(-n4cc(Br)cn4)c(=O)[nH]c3cc2Cl)cc1. The van der Waals surface area contributed by atoms with Crippen LogP contribution >= 0.6 is 27.5 Å². The molecule has 2 heterocycles. The third-order valence-corrected chi connectivity index (χ3v) is 5.25. The van der Waals surface area contributed by atoms with Crippen LogP contribution in [0.5, 0.6) is 5.75 Å². The van der Waals surface area contributed by atoms with Crippen LogP contribution in [-0.4, -0.2) is 34.0 Å². The number of hydrogen-bond donors (Lipinski definition) is 2. The smallest absolute Gasteiger partial charge is 0.278 e. The second kappa shape index (κ2) is 7.00. The molecule has 142 valence electrons. The molecule has 0 saturated heterocycles. The summed E-state index contributed by atoms with van der Waals surface area (Å²) in [6.07, 6.45) is 3.15. The van der Waals surface area contributed by atoms with E-state index in [1.807, 2.05) is 43.3 Å². The number of fused-ring (bicyclic) bond motifs is 1. The third-order valence-electron chi connectivity index (χ3n) is 4.52. The zero-order valence-corrected chi connectivity index (χ0v) is 17.4. The Morgan fingerprint density at radius 3 is 2.54 bits per heavy atom. The van der Waals surface area contributed by atoms with E-state index in [0.717, 1.165) is 16.8 Å². The molecule has 6 nitrogen and oxygen atoms in total. The molecule has 0 spiro atoms. The number of pyridine rings is 1. The summed E-state index contributed by atoms with van der Waals surface area (Å²) < 4.78 is 2.03. The Balaban J connectivity index is 1.92. The van der Waals surface area contributed by atoms with Crippen molar-refractivity contribution < 1.29 is 5.11 Å². The molecule has 4 rings (SSSR count). The van der Waals surface area contributed by atoms with E-state index in [0.29, 0.717) is 20.4 Å². The molecule has 0 unspecified atom stereocenters. The average molecular weight is 460 g/mol. The van der Waals surface area contributed by atoms with Crippen LogP contribution in [-0.2, 0) is 0 Å². The summed E-state index contributed by atoms with van der Waals surface area (Å²) in [4.78, 5) is 17.3. The molecule has 28 heavy (non-hydrogen) atoms. The second-order valence-electron chi connectivity index (χ2n) is 6.57. The third kappa shape index (κ3) is 3.16. The van der Waals surface area contributed by atoms with Gasteiger partial charge in [-0.2, -0.15) is 5.10 Å². The molecular weight excluding hydrogens is 444 g/mol. The van der Waals surface area contributed by atoms with E-state index in [1.54, 1.807) is 24.5 Å². The molecule has 0 amide bonds. The molecule has 4 aromatic rings. The summed E-state index contributed by atoms with van der Waals surface area (Å²) in [6.45, 7) is 0. The fourth-order valence-electron chi connectivity index (χ4n) is 3.09. The number of H-pyrrole nitrogens is 1. The van der Waals surface area contributed by atoms with Crippen molar-refractivity contribution in [3.8, 4) is 22.6 Å². The Kier molecular flexibility index (Phi) is 4.64. The van der Waals surface area contributed by atoms with Crippen LogP contribution < -0.4 is 10.5 Å². The quantitative estimate of drug-likeness (QED) is 0.471. The van der Waals surface area contributed by atoms with E-state index in [-0.39, 0.29) is 11.4 Å². The van der Waals surface area contributed by atoms with Crippen LogP contribution in [0.2, 0.25) is 5.02 Å². The molecule has 2 N–H and O–H groups in total. The lowest BCUT2D eigenvalue weighted by molar-refractivity contribution is 0.475. The van der Waals surface area contributed by atoms with E-state index < -0.39 is 5.56 Å². The zero-order chi connectivity index (χ0) is 20.0. The maximum absolute atomic E-state index is 12.5. The molecule has 0 aliphatic rings. The van der Waals surface area contributed by atoms with Crippen molar-refractivity contribution in [2.75, 3.05) is 19.0 Å². The Bertz CT molecular complexity index is 1250. The van der Waals surface area contributed by atoms with Gasteiger partial charge in [-0.15, -0.1) is 0 Å². The predicted molar refractivity (Wildman–Crippen MR) is 116 cm³/mol. The van der Waals surface area contributed by atoms with Crippen molar-refractivity contribution in [1.82, 2.24) is 14.8 Å². The number of nitrogens with one attached hydrogen (secondary N) is 1. The number of aromatic amines is 1. The molecule has 0 fully saturated rings. The number of rotatable bonds is 3. The van der Waals surface area contributed by atoms with Gasteiger partial charge in [0.15, 0.2) is 11.4 Å². The average Bonchev–Trinajstić information content (AvgIpc) is 3.07. The molecule has 2 aromatic heterocycles. The molecule has 0 saturated carbocycles. The van der Waals surface area contributed by atoms with E-state index >= 15 is 0 Å². The van der Waals surface area contributed by atoms with Gasteiger partial charge in [0, 0.05) is 36.9 Å². The second-order valence-corrected chi connectivity index (χ2v) is 7.90. The highest BCUT2D eigenvalue weighted by molar-refractivity contribution is 9.10. The van der Waals surface area contributed by atoms with Gasteiger partial charge in [0.1, 0.15) is 0 Å². The fourth-order valence-corrected chi connectivity index (χ4v) is 3.64. The van der Waals surface area contributed by atoms with Gasteiger partial charge in [-0.05, 0) is 45.8 Å². The van der Waals surface area contributed by atoms with Crippen LogP contribution in [0.4, 0.5) is 5.69 Å². The molecule has 0 aliphatic carbocycles. The number of hydrogen-bond acceptors (Lipinski definition) is 4. The highest BCUT2D eigenvalue weighted by atomic mass is 79.9. The van der Waals surface area contributed by atoms with Gasteiger partial charge in [-0.25, -0.2) is 4.68 Å². The molecular formula is C20H16BrClN4O2. The van der Waals surface area contributed by atoms with Gasteiger partial charge >= 0.3 is 0 Å². The van der Waals surface area contributed by atoms with Gasteiger partial charge in [-0.1, -0.05) is 23.7 Å². The first-order valence-corrected chi connectivity index (χ1v) is 9.59. The molecule has 2 aromatic carbocycles. The number of benzene rings is 2. The maximum atomic E-state index is 12.5. The topological polar surface area (TPSA) is 74.2 Å². The van der Waals surface area contributed by atoms with Gasteiger partial charge in [0.25, 0.3) is 5.56 Å². The summed E-state index contributed by atoms with van der Waals surface area (Å²) in [5.41, 5.74) is 2.78. The summed E-state index contributed by atoms with van der Waals surface area (Å²) in [6, 6.07) is 11.4. The molecule has 8 heteroatoms. The zero-order valence-electron chi connectivity index (χ0n) is 15.1. The molecule has 0 bridgehead atoms. The Labute approximate surface area is 174 Å². The number of aromatic nitrogens is 3. The minimum atomic E-state index is -0.459. The monoisotopic (exact) mass is 458 g/mol. The minimum absolute atomic E-state index is 0.0504. The minimum Gasteiger partial charge on any atom is -0.505 e. The molecule has 0 atom stereocenters. The van der Waals surface area contributed by atoms with Crippen LogP contribution in [0.25, 0.3) is 27.7 Å². The lowest BCUT2D eigenvalue weighted by Crippen LogP contribution is -2.15. The van der Waals surface area contributed by atoms with Crippen molar-refractivity contribution in [2.45, 2.75) is 0 Å². The first kappa shape index (κ1) is 18.6. The van der Waals surface area contributed by atoms with E-state index in [9.17, 15) is 9.90 Å². The Hall–Kier alpha value is -2.77. The molecule has 0 radical (unpaired) electrons. The largest absolute Gasteiger partial charge is 0.505 e. The first-order valence-electron chi connectivity index (χ1n) is 8.42. The van der Waals surface area contributed by atoms with Crippen molar-refractivity contribution in [3.63, 3.8) is 0 Å². The summed E-state index contributed by atoms with van der Waals surface area (Å²) in [5, 5.41) is 15.9. The molecule has 0 aliphatic heterocycles. The van der Waals surface area contributed by atoms with E-state index in [4.69, 9.17) is 11.6 Å². The van der Waals surface area contributed by atoms with Crippen molar-refractivity contribution >= 4 is 44.1 Å². The van der Waals surface area contributed by atoms with Gasteiger partial charge < -0.3 is 15.0 Å². The number of nitrogens with zero attached hydrogens (tertiary/aromatic N) is 3. The number of halogens is 2. The van der Waals surface area contributed by atoms with Crippen molar-refractivity contribution in [3.05, 3.63) is 68.6 Å². The lowest BCUT2D eigenvalue weighted by Gasteiger charge is -2.14. The Morgan fingerprint density at radius 2 is 1.93 bits per heavy atom. The van der Waals surface area contributed by atoms with Gasteiger partial charge in [0.05, 0.1) is 21.2 Å². The summed E-state index contributed by atoms with van der Waals surface area (Å²) >= 11 is 9.76. The highest BCUT2D eigenvalue weighted by Crippen LogP contribution is 2.36. The van der Waals surface area contributed by atoms with Crippen LogP contribution in [0.1, 0.15) is 0 Å². The highest BCUT2D eigenvalue weighted by Gasteiger charge is 2.17. The van der Waals surface area contributed by atoms with E-state index in [1.165, 1.54) is 4.68 Å². The fraction of sp³-hybridized carbons (Fsp3) is 0.100. The predicted octanol–water partition coefficient (Wildman–Crippen LogP) is 4.57. The first-order chi connectivity index (χ1) is 13.3. The van der Waals surface area contributed by atoms with E-state index in [2.05, 4.69) is 26.0 Å². The van der Waals surface area contributed by atoms with Gasteiger partial charge in [0.2, 0.25) is 0 Å². The normalized spacial score (nSPS) is 11.1. The number of aromatic hydroxyl groups is 1. The summed E-state index contributed by atoms with van der Waals surface area (Å²) in [5.74, 6) is -0.155. The Morgan fingerprint density at radius 1 is 1.21 bits per heavy atom.